The van der Waals surface area contributed by atoms with Gasteiger partial charge in [-0.2, -0.15) is 0 Å². The number of nitrogens with zero attached hydrogens (tertiary/aromatic N) is 1. The molecule has 0 radical (unpaired) electrons. The van der Waals surface area contributed by atoms with Gasteiger partial charge < -0.3 is 14.2 Å². The fourth-order valence-electron chi connectivity index (χ4n) is 3.35. The largest absolute Gasteiger partial charge is 0.490 e. The molecule has 0 aromatic heterocycles. The van der Waals surface area contributed by atoms with Crippen LogP contribution in [-0.4, -0.2) is 24.6 Å². The van der Waals surface area contributed by atoms with Crippen LogP contribution in [-0.2, 0) is 9.53 Å². The van der Waals surface area contributed by atoms with Crippen LogP contribution in [0.3, 0.4) is 0 Å². The van der Waals surface area contributed by atoms with Crippen molar-refractivity contribution in [2.45, 2.75) is 33.3 Å². The monoisotopic (exact) mass is 449 g/mol. The van der Waals surface area contributed by atoms with Crippen LogP contribution in [0.15, 0.2) is 65.3 Å². The molecule has 0 aliphatic carbocycles. The fraction of sp³-hybridized carbons (Fsp3) is 0.231. The summed E-state index contributed by atoms with van der Waals surface area (Å²) in [5, 5.41) is 2.56. The number of carbonyl (C=O) groups excluding carboxylic acids is 1. The number of rotatable bonds is 7. The van der Waals surface area contributed by atoms with E-state index in [0.717, 1.165) is 22.8 Å². The number of fused-ring (bicyclic) bond motifs is 1. The van der Waals surface area contributed by atoms with Crippen molar-refractivity contribution in [3.8, 4) is 11.5 Å². The quantitative estimate of drug-likeness (QED) is 0.308. The molecule has 0 spiro atoms. The Morgan fingerprint density at radius 3 is 2.62 bits per heavy atom. The number of aliphatic imine (C=N–C) groups is 1. The van der Waals surface area contributed by atoms with E-state index in [4.69, 9.17) is 25.8 Å². The van der Waals surface area contributed by atoms with E-state index in [0.29, 0.717) is 28.7 Å². The van der Waals surface area contributed by atoms with E-state index < -0.39 is 5.97 Å². The second-order valence-electron chi connectivity index (χ2n) is 7.50. The lowest BCUT2D eigenvalue weighted by molar-refractivity contribution is -0.129. The molecule has 0 bridgehead atoms. The number of cyclic esters (lactones) is 1. The maximum atomic E-state index is 12.5. The highest BCUT2D eigenvalue weighted by Crippen LogP contribution is 2.38. The summed E-state index contributed by atoms with van der Waals surface area (Å²) < 4.78 is 17.1. The minimum atomic E-state index is -0.512. The van der Waals surface area contributed by atoms with Gasteiger partial charge >= 0.3 is 5.97 Å². The smallest absolute Gasteiger partial charge is 0.363 e. The van der Waals surface area contributed by atoms with E-state index >= 15 is 0 Å². The van der Waals surface area contributed by atoms with Crippen LogP contribution in [0.1, 0.15) is 38.3 Å². The Bertz CT molecular complexity index is 1230. The summed E-state index contributed by atoms with van der Waals surface area (Å²) in [4.78, 5) is 16.9. The second kappa shape index (κ2) is 9.45. The SMILES string of the molecule is CCOc1cc(/C=C2\N=C(c3ccc4ccccc4c3)OC2=O)cc(Cl)c1OC(C)CC. The first-order chi connectivity index (χ1) is 15.5. The van der Waals surface area contributed by atoms with E-state index in [-0.39, 0.29) is 17.7 Å². The fourth-order valence-corrected chi connectivity index (χ4v) is 3.61. The molecule has 3 aromatic carbocycles. The van der Waals surface area contributed by atoms with Gasteiger partial charge in [-0.05, 0) is 66.9 Å². The van der Waals surface area contributed by atoms with Gasteiger partial charge in [-0.25, -0.2) is 9.79 Å². The predicted octanol–water partition coefficient (Wildman–Crippen LogP) is 6.41. The first-order valence-electron chi connectivity index (χ1n) is 10.6. The molecule has 32 heavy (non-hydrogen) atoms. The molecule has 1 atom stereocenters. The average Bonchev–Trinajstić information content (AvgIpc) is 3.16. The summed E-state index contributed by atoms with van der Waals surface area (Å²) >= 11 is 6.49. The Morgan fingerprint density at radius 1 is 1.09 bits per heavy atom. The van der Waals surface area contributed by atoms with Crippen LogP contribution in [0, 0.1) is 0 Å². The highest BCUT2D eigenvalue weighted by molar-refractivity contribution is 6.32. The van der Waals surface area contributed by atoms with Gasteiger partial charge in [0.2, 0.25) is 5.90 Å². The number of esters is 1. The molecule has 4 rings (SSSR count). The molecule has 0 saturated carbocycles. The molecule has 1 aliphatic heterocycles. The standard InChI is InChI=1S/C26H24ClNO4/c1-4-16(3)31-24-21(27)12-17(14-23(24)30-5-2)13-22-26(29)32-25(28-22)20-11-10-18-8-6-7-9-19(18)15-20/h6-16H,4-5H2,1-3H3/b22-13-. The lowest BCUT2D eigenvalue weighted by Gasteiger charge is -2.18. The van der Waals surface area contributed by atoms with Gasteiger partial charge in [0.25, 0.3) is 0 Å². The van der Waals surface area contributed by atoms with E-state index in [1.807, 2.05) is 63.2 Å². The molecule has 1 aliphatic rings. The Kier molecular flexibility index (Phi) is 6.47. The third kappa shape index (κ3) is 4.63. The van der Waals surface area contributed by atoms with Crippen LogP contribution in [0.25, 0.3) is 16.8 Å². The lowest BCUT2D eigenvalue weighted by atomic mass is 10.1. The number of carbonyl (C=O) groups is 1. The van der Waals surface area contributed by atoms with Crippen molar-refractivity contribution in [2.24, 2.45) is 4.99 Å². The topological polar surface area (TPSA) is 57.1 Å². The molecule has 0 fully saturated rings. The number of benzene rings is 3. The molecular formula is C26H24ClNO4. The summed E-state index contributed by atoms with van der Waals surface area (Å²) in [6.07, 6.45) is 2.47. The highest BCUT2D eigenvalue weighted by Gasteiger charge is 2.25. The first kappa shape index (κ1) is 21.9. The van der Waals surface area contributed by atoms with E-state index in [1.54, 1.807) is 18.2 Å². The van der Waals surface area contributed by atoms with Gasteiger partial charge in [-0.15, -0.1) is 0 Å². The normalized spacial score (nSPS) is 15.6. The number of halogens is 1. The van der Waals surface area contributed by atoms with E-state index in [2.05, 4.69) is 4.99 Å². The van der Waals surface area contributed by atoms with E-state index in [1.165, 1.54) is 0 Å². The van der Waals surface area contributed by atoms with Gasteiger partial charge in [0.15, 0.2) is 17.2 Å². The zero-order valence-electron chi connectivity index (χ0n) is 18.2. The van der Waals surface area contributed by atoms with Crippen LogP contribution >= 0.6 is 11.6 Å². The van der Waals surface area contributed by atoms with Gasteiger partial charge in [0, 0.05) is 5.56 Å². The second-order valence-corrected chi connectivity index (χ2v) is 7.90. The van der Waals surface area contributed by atoms with Gasteiger partial charge in [-0.1, -0.05) is 48.9 Å². The maximum absolute atomic E-state index is 12.5. The molecule has 1 heterocycles. The molecule has 0 amide bonds. The van der Waals surface area contributed by atoms with Crippen LogP contribution in [0.2, 0.25) is 5.02 Å². The molecule has 0 saturated heterocycles. The molecule has 0 N–H and O–H groups in total. The molecule has 1 unspecified atom stereocenters. The molecule has 164 valence electrons. The molecule has 3 aromatic rings. The van der Waals surface area contributed by atoms with Crippen molar-refractivity contribution in [2.75, 3.05) is 6.61 Å². The molecule has 5 nitrogen and oxygen atoms in total. The summed E-state index contributed by atoms with van der Waals surface area (Å²) in [5.74, 6) is 0.790. The van der Waals surface area contributed by atoms with Crippen LogP contribution in [0.4, 0.5) is 0 Å². The minimum absolute atomic E-state index is 0.00479. The predicted molar refractivity (Wildman–Crippen MR) is 128 cm³/mol. The van der Waals surface area contributed by atoms with Crippen molar-refractivity contribution >= 4 is 40.3 Å². The summed E-state index contributed by atoms with van der Waals surface area (Å²) in [5.41, 5.74) is 1.61. The molecular weight excluding hydrogens is 426 g/mol. The van der Waals surface area contributed by atoms with E-state index in [9.17, 15) is 4.79 Å². The Hall–Kier alpha value is -3.31. The molecule has 6 heteroatoms. The zero-order chi connectivity index (χ0) is 22.7. The van der Waals surface area contributed by atoms with Crippen LogP contribution in [0.5, 0.6) is 11.5 Å². The van der Waals surface area contributed by atoms with Crippen molar-refractivity contribution in [1.29, 1.82) is 0 Å². The zero-order valence-corrected chi connectivity index (χ0v) is 19.0. The van der Waals surface area contributed by atoms with Crippen molar-refractivity contribution in [1.82, 2.24) is 0 Å². The Balaban J connectivity index is 1.67. The minimum Gasteiger partial charge on any atom is -0.490 e. The van der Waals surface area contributed by atoms with Crippen LogP contribution < -0.4 is 9.47 Å². The lowest BCUT2D eigenvalue weighted by Crippen LogP contribution is -2.11. The highest BCUT2D eigenvalue weighted by atomic mass is 35.5. The maximum Gasteiger partial charge on any atom is 0.363 e. The van der Waals surface area contributed by atoms with Gasteiger partial charge in [0.05, 0.1) is 17.7 Å². The Morgan fingerprint density at radius 2 is 1.88 bits per heavy atom. The summed E-state index contributed by atoms with van der Waals surface area (Å²) in [7, 11) is 0. The average molecular weight is 450 g/mol. The number of ether oxygens (including phenoxy) is 3. The third-order valence-electron chi connectivity index (χ3n) is 5.15. The summed E-state index contributed by atoms with van der Waals surface area (Å²) in [6, 6.07) is 17.3. The number of hydrogen-bond donors (Lipinski definition) is 0. The first-order valence-corrected chi connectivity index (χ1v) is 11.0. The Labute approximate surface area is 192 Å². The van der Waals surface area contributed by atoms with Crippen molar-refractivity contribution in [3.63, 3.8) is 0 Å². The summed E-state index contributed by atoms with van der Waals surface area (Å²) in [6.45, 7) is 6.36. The van der Waals surface area contributed by atoms with Crippen molar-refractivity contribution in [3.05, 3.63) is 76.4 Å². The van der Waals surface area contributed by atoms with Gasteiger partial charge in [0.1, 0.15) is 0 Å². The van der Waals surface area contributed by atoms with Crippen molar-refractivity contribution < 1.29 is 19.0 Å². The number of hydrogen-bond acceptors (Lipinski definition) is 5. The third-order valence-corrected chi connectivity index (χ3v) is 5.43. The van der Waals surface area contributed by atoms with Gasteiger partial charge in [-0.3, -0.25) is 0 Å².